The highest BCUT2D eigenvalue weighted by atomic mass is 32.1. The van der Waals surface area contributed by atoms with Crippen LogP contribution in [0.4, 0.5) is 5.69 Å². The average Bonchev–Trinajstić information content (AvgIpc) is 3.37. The van der Waals surface area contributed by atoms with Gasteiger partial charge >= 0.3 is 0 Å². The van der Waals surface area contributed by atoms with Crippen molar-refractivity contribution in [3.05, 3.63) is 59.3 Å². The second-order valence-corrected chi connectivity index (χ2v) is 7.66. The molecular formula is C21H21N3O3S. The van der Waals surface area contributed by atoms with Gasteiger partial charge in [-0.2, -0.15) is 4.37 Å². The molecule has 2 aromatic carbocycles. The molecule has 1 unspecified atom stereocenters. The minimum absolute atomic E-state index is 0.0894. The first-order chi connectivity index (χ1) is 13.6. The number of hydrogen-bond acceptors (Lipinski definition) is 5. The fourth-order valence-electron chi connectivity index (χ4n) is 3.24. The first-order valence-electron chi connectivity index (χ1n) is 9.28. The number of hydrogen-bond donors (Lipinski definition) is 2. The molecule has 2 heterocycles. The molecule has 1 aromatic heterocycles. The Hall–Kier alpha value is -2.77. The quantitative estimate of drug-likeness (QED) is 0.689. The number of carbonyl (C=O) groups is 2. The number of ether oxygens (including phenoxy) is 1. The third-order valence-corrected chi connectivity index (χ3v) is 5.68. The molecule has 2 N–H and O–H groups in total. The standard InChI is InChI=1S/C21H21N3O3S/c1-13-8-9-14(20(25)22-12-15-5-4-10-27-15)11-17(13)23-21(26)19-16-6-2-3-7-18(16)28-24-19/h2-3,6-9,11,15H,4-5,10,12H2,1H3,(H,22,25)(H,23,26). The van der Waals surface area contributed by atoms with Crippen LogP contribution in [0.25, 0.3) is 10.1 Å². The molecule has 28 heavy (non-hydrogen) atoms. The summed E-state index contributed by atoms with van der Waals surface area (Å²) in [5.74, 6) is -0.456. The maximum Gasteiger partial charge on any atom is 0.276 e. The fourth-order valence-corrected chi connectivity index (χ4v) is 4.02. The van der Waals surface area contributed by atoms with Crippen molar-refractivity contribution >= 4 is 39.1 Å². The summed E-state index contributed by atoms with van der Waals surface area (Å²) in [6.07, 6.45) is 2.09. The number of fused-ring (bicyclic) bond motifs is 1. The Morgan fingerprint density at radius 2 is 2.07 bits per heavy atom. The van der Waals surface area contributed by atoms with E-state index >= 15 is 0 Å². The topological polar surface area (TPSA) is 80.3 Å². The van der Waals surface area contributed by atoms with Gasteiger partial charge in [0.05, 0.1) is 10.8 Å². The van der Waals surface area contributed by atoms with Gasteiger partial charge in [-0.15, -0.1) is 0 Å². The summed E-state index contributed by atoms with van der Waals surface area (Å²) in [5.41, 5.74) is 2.38. The summed E-state index contributed by atoms with van der Waals surface area (Å²) in [6.45, 7) is 3.15. The molecule has 6 nitrogen and oxygen atoms in total. The summed E-state index contributed by atoms with van der Waals surface area (Å²) >= 11 is 1.30. The Balaban J connectivity index is 1.49. The number of aromatic nitrogens is 1. The van der Waals surface area contributed by atoms with Crippen LogP contribution in [0.15, 0.2) is 42.5 Å². The molecule has 4 rings (SSSR count). The molecule has 2 amide bonds. The lowest BCUT2D eigenvalue weighted by Gasteiger charge is -2.13. The first kappa shape index (κ1) is 18.6. The van der Waals surface area contributed by atoms with Gasteiger partial charge in [-0.1, -0.05) is 24.3 Å². The van der Waals surface area contributed by atoms with Gasteiger partial charge in [0, 0.05) is 29.8 Å². The van der Waals surface area contributed by atoms with Crippen LogP contribution in [0.3, 0.4) is 0 Å². The molecule has 0 aliphatic carbocycles. The molecule has 1 saturated heterocycles. The predicted molar refractivity (Wildman–Crippen MR) is 110 cm³/mol. The Morgan fingerprint density at radius 1 is 1.21 bits per heavy atom. The largest absolute Gasteiger partial charge is 0.376 e. The molecule has 0 radical (unpaired) electrons. The van der Waals surface area contributed by atoms with Gasteiger partial charge in [0.15, 0.2) is 0 Å². The molecule has 3 aromatic rings. The molecular weight excluding hydrogens is 374 g/mol. The number of benzene rings is 2. The maximum atomic E-state index is 12.7. The lowest BCUT2D eigenvalue weighted by atomic mass is 10.1. The fraction of sp³-hybridized carbons (Fsp3) is 0.286. The van der Waals surface area contributed by atoms with Crippen molar-refractivity contribution in [1.29, 1.82) is 0 Å². The molecule has 0 spiro atoms. The lowest BCUT2D eigenvalue weighted by molar-refractivity contribution is 0.0857. The average molecular weight is 395 g/mol. The number of nitrogens with zero attached hydrogens (tertiary/aromatic N) is 1. The van der Waals surface area contributed by atoms with E-state index < -0.39 is 0 Å². The number of anilines is 1. The monoisotopic (exact) mass is 395 g/mol. The number of rotatable bonds is 5. The Morgan fingerprint density at radius 3 is 2.89 bits per heavy atom. The zero-order chi connectivity index (χ0) is 19.5. The highest BCUT2D eigenvalue weighted by Crippen LogP contribution is 2.24. The van der Waals surface area contributed by atoms with Crippen LogP contribution in [0.2, 0.25) is 0 Å². The van der Waals surface area contributed by atoms with Crippen molar-refractivity contribution < 1.29 is 14.3 Å². The number of nitrogens with one attached hydrogen (secondary N) is 2. The van der Waals surface area contributed by atoms with E-state index in [0.29, 0.717) is 23.5 Å². The summed E-state index contributed by atoms with van der Waals surface area (Å²) in [4.78, 5) is 25.2. The van der Waals surface area contributed by atoms with Crippen molar-refractivity contribution in [1.82, 2.24) is 9.69 Å². The highest BCUT2D eigenvalue weighted by Gasteiger charge is 2.18. The van der Waals surface area contributed by atoms with E-state index in [1.807, 2.05) is 37.3 Å². The van der Waals surface area contributed by atoms with E-state index in [-0.39, 0.29) is 17.9 Å². The lowest BCUT2D eigenvalue weighted by Crippen LogP contribution is -2.31. The summed E-state index contributed by atoms with van der Waals surface area (Å²) < 4.78 is 10.8. The Labute approximate surface area is 167 Å². The summed E-state index contributed by atoms with van der Waals surface area (Å²) in [5, 5.41) is 6.63. The molecule has 1 aliphatic rings. The van der Waals surface area contributed by atoms with Gasteiger partial charge in [-0.3, -0.25) is 9.59 Å². The van der Waals surface area contributed by atoms with Crippen LogP contribution in [0, 0.1) is 6.92 Å². The van der Waals surface area contributed by atoms with Crippen LogP contribution in [-0.4, -0.2) is 35.4 Å². The first-order valence-corrected chi connectivity index (χ1v) is 10.1. The van der Waals surface area contributed by atoms with Crippen molar-refractivity contribution in [2.24, 2.45) is 0 Å². The summed E-state index contributed by atoms with van der Waals surface area (Å²) in [7, 11) is 0. The normalized spacial score (nSPS) is 16.2. The number of aryl methyl sites for hydroxylation is 1. The van der Waals surface area contributed by atoms with Crippen LogP contribution in [0.1, 0.15) is 39.3 Å². The van der Waals surface area contributed by atoms with Gasteiger partial charge in [0.2, 0.25) is 0 Å². The van der Waals surface area contributed by atoms with E-state index in [4.69, 9.17) is 4.74 Å². The molecule has 144 valence electrons. The van der Waals surface area contributed by atoms with Gasteiger partial charge in [-0.25, -0.2) is 0 Å². The van der Waals surface area contributed by atoms with Gasteiger partial charge < -0.3 is 15.4 Å². The molecule has 0 saturated carbocycles. The number of carbonyl (C=O) groups excluding carboxylic acids is 2. The van der Waals surface area contributed by atoms with Crippen molar-refractivity contribution in [2.75, 3.05) is 18.5 Å². The number of amides is 2. The molecule has 0 bridgehead atoms. The molecule has 1 aliphatic heterocycles. The Kier molecular flexibility index (Phi) is 5.36. The summed E-state index contributed by atoms with van der Waals surface area (Å²) in [6, 6.07) is 12.9. The van der Waals surface area contributed by atoms with Gasteiger partial charge in [-0.05, 0) is 55.1 Å². The van der Waals surface area contributed by atoms with Crippen molar-refractivity contribution in [2.45, 2.75) is 25.9 Å². The van der Waals surface area contributed by atoms with Crippen LogP contribution in [0.5, 0.6) is 0 Å². The molecule has 1 fully saturated rings. The van der Waals surface area contributed by atoms with E-state index in [1.165, 1.54) is 11.5 Å². The minimum atomic E-state index is -0.280. The van der Waals surface area contributed by atoms with Gasteiger partial charge in [0.1, 0.15) is 5.69 Å². The van der Waals surface area contributed by atoms with Crippen LogP contribution >= 0.6 is 11.5 Å². The highest BCUT2D eigenvalue weighted by molar-refractivity contribution is 7.13. The zero-order valence-electron chi connectivity index (χ0n) is 15.5. The minimum Gasteiger partial charge on any atom is -0.376 e. The van der Waals surface area contributed by atoms with Gasteiger partial charge in [0.25, 0.3) is 11.8 Å². The smallest absolute Gasteiger partial charge is 0.276 e. The maximum absolute atomic E-state index is 12.7. The molecule has 7 heteroatoms. The van der Waals surface area contributed by atoms with E-state index in [0.717, 1.165) is 35.1 Å². The SMILES string of the molecule is Cc1ccc(C(=O)NCC2CCCO2)cc1NC(=O)c1nsc2ccccc12. The zero-order valence-corrected chi connectivity index (χ0v) is 16.3. The van der Waals surface area contributed by atoms with Crippen molar-refractivity contribution in [3.8, 4) is 0 Å². The third-order valence-electron chi connectivity index (χ3n) is 4.85. The third kappa shape index (κ3) is 3.90. The second kappa shape index (κ2) is 8.08. The predicted octanol–water partition coefficient (Wildman–Crippen LogP) is 3.77. The second-order valence-electron chi connectivity index (χ2n) is 6.86. The van der Waals surface area contributed by atoms with E-state index in [9.17, 15) is 9.59 Å². The van der Waals surface area contributed by atoms with E-state index in [2.05, 4.69) is 15.0 Å². The Bertz CT molecular complexity index is 1020. The van der Waals surface area contributed by atoms with Crippen LogP contribution < -0.4 is 10.6 Å². The van der Waals surface area contributed by atoms with Crippen molar-refractivity contribution in [3.63, 3.8) is 0 Å². The molecule has 1 atom stereocenters. The van der Waals surface area contributed by atoms with Crippen LogP contribution in [-0.2, 0) is 4.74 Å². The van der Waals surface area contributed by atoms with E-state index in [1.54, 1.807) is 12.1 Å².